The van der Waals surface area contributed by atoms with Crippen molar-refractivity contribution in [1.82, 2.24) is 10.6 Å². The molecule has 1 amide bonds. The van der Waals surface area contributed by atoms with Crippen LogP contribution < -0.4 is 10.6 Å². The maximum atomic E-state index is 11.8. The van der Waals surface area contributed by atoms with Crippen molar-refractivity contribution >= 4 is 5.91 Å². The number of carbonyl (C=O) groups is 1. The molecule has 2 rings (SSSR count). The van der Waals surface area contributed by atoms with Gasteiger partial charge in [-0.25, -0.2) is 0 Å². The molecule has 0 saturated heterocycles. The van der Waals surface area contributed by atoms with Crippen LogP contribution in [0.1, 0.15) is 46.5 Å². The van der Waals surface area contributed by atoms with Gasteiger partial charge in [0.2, 0.25) is 5.91 Å². The first-order chi connectivity index (χ1) is 8.56. The normalized spacial score (nSPS) is 31.9. The molecule has 4 atom stereocenters. The highest BCUT2D eigenvalue weighted by atomic mass is 16.2. The van der Waals surface area contributed by atoms with Crippen LogP contribution in [-0.2, 0) is 4.79 Å². The number of fused-ring (bicyclic) bond motifs is 2. The van der Waals surface area contributed by atoms with Crippen molar-refractivity contribution in [2.24, 2.45) is 23.7 Å². The number of nitrogens with one attached hydrogen (secondary N) is 2. The van der Waals surface area contributed by atoms with E-state index >= 15 is 0 Å². The molecule has 0 aromatic carbocycles. The van der Waals surface area contributed by atoms with E-state index < -0.39 is 0 Å². The van der Waals surface area contributed by atoms with Gasteiger partial charge in [-0.3, -0.25) is 4.79 Å². The van der Waals surface area contributed by atoms with Gasteiger partial charge in [-0.15, -0.1) is 0 Å². The van der Waals surface area contributed by atoms with Crippen LogP contribution in [-0.4, -0.2) is 25.0 Å². The third kappa shape index (κ3) is 3.47. The van der Waals surface area contributed by atoms with Crippen molar-refractivity contribution in [3.05, 3.63) is 0 Å². The summed E-state index contributed by atoms with van der Waals surface area (Å²) in [6, 6.07) is -0.0529. The summed E-state index contributed by atoms with van der Waals surface area (Å²) in [7, 11) is 0. The highest BCUT2D eigenvalue weighted by molar-refractivity contribution is 5.81. The van der Waals surface area contributed by atoms with Crippen LogP contribution in [0.15, 0.2) is 0 Å². The maximum absolute atomic E-state index is 11.8. The fourth-order valence-corrected chi connectivity index (χ4v) is 3.51. The first-order valence-electron chi connectivity index (χ1n) is 7.57. The van der Waals surface area contributed by atoms with Crippen LogP contribution in [0.4, 0.5) is 0 Å². The number of hydrogen-bond acceptors (Lipinski definition) is 2. The summed E-state index contributed by atoms with van der Waals surface area (Å²) in [5.41, 5.74) is 0. The minimum absolute atomic E-state index is 0.0529. The largest absolute Gasteiger partial charge is 0.354 e. The summed E-state index contributed by atoms with van der Waals surface area (Å²) in [6.45, 7) is 8.01. The lowest BCUT2D eigenvalue weighted by Crippen LogP contribution is -2.45. The molecule has 0 aromatic rings. The smallest absolute Gasteiger partial charge is 0.236 e. The molecular weight excluding hydrogens is 224 g/mol. The van der Waals surface area contributed by atoms with Crippen molar-refractivity contribution < 1.29 is 4.79 Å². The van der Waals surface area contributed by atoms with E-state index in [4.69, 9.17) is 0 Å². The Labute approximate surface area is 111 Å². The zero-order valence-corrected chi connectivity index (χ0v) is 12.0. The fourth-order valence-electron chi connectivity index (χ4n) is 3.51. The second-order valence-corrected chi connectivity index (χ2v) is 6.70. The molecule has 2 saturated carbocycles. The predicted octanol–water partition coefficient (Wildman–Crippen LogP) is 2.17. The topological polar surface area (TPSA) is 41.1 Å². The van der Waals surface area contributed by atoms with Gasteiger partial charge in [0, 0.05) is 6.54 Å². The SMILES string of the molecule is CC(C)CNC(=O)C(C)NCC1CC2CCC1C2. The summed E-state index contributed by atoms with van der Waals surface area (Å²) in [4.78, 5) is 11.8. The molecule has 0 radical (unpaired) electrons. The van der Waals surface area contributed by atoms with Gasteiger partial charge < -0.3 is 10.6 Å². The molecule has 3 heteroatoms. The van der Waals surface area contributed by atoms with Crippen LogP contribution in [0.25, 0.3) is 0 Å². The van der Waals surface area contributed by atoms with Gasteiger partial charge in [0.05, 0.1) is 6.04 Å². The van der Waals surface area contributed by atoms with Crippen molar-refractivity contribution in [1.29, 1.82) is 0 Å². The van der Waals surface area contributed by atoms with Gasteiger partial charge in [-0.2, -0.15) is 0 Å². The second-order valence-electron chi connectivity index (χ2n) is 6.70. The summed E-state index contributed by atoms with van der Waals surface area (Å²) in [5.74, 6) is 3.42. The van der Waals surface area contributed by atoms with E-state index in [0.717, 1.165) is 30.8 Å². The minimum atomic E-state index is -0.0529. The molecule has 0 aromatic heterocycles. The van der Waals surface area contributed by atoms with Gasteiger partial charge in [0.15, 0.2) is 0 Å². The average molecular weight is 252 g/mol. The van der Waals surface area contributed by atoms with E-state index in [1.165, 1.54) is 25.7 Å². The van der Waals surface area contributed by atoms with E-state index in [1.807, 2.05) is 6.92 Å². The standard InChI is InChI=1S/C15H28N2O/c1-10(2)8-17-15(18)11(3)16-9-14-7-12-4-5-13(14)6-12/h10-14,16H,4-9H2,1-3H3,(H,17,18). The Morgan fingerprint density at radius 2 is 2.00 bits per heavy atom. The van der Waals surface area contributed by atoms with Crippen LogP contribution in [0, 0.1) is 23.7 Å². The molecule has 0 aliphatic heterocycles. The third-order valence-electron chi connectivity index (χ3n) is 4.65. The monoisotopic (exact) mass is 252 g/mol. The van der Waals surface area contributed by atoms with E-state index in [1.54, 1.807) is 0 Å². The molecule has 18 heavy (non-hydrogen) atoms. The summed E-state index contributed by atoms with van der Waals surface area (Å²) < 4.78 is 0. The Bertz CT molecular complexity index is 290. The zero-order chi connectivity index (χ0) is 13.1. The molecule has 2 aliphatic rings. The fraction of sp³-hybridized carbons (Fsp3) is 0.933. The van der Waals surface area contributed by atoms with E-state index in [9.17, 15) is 4.79 Å². The predicted molar refractivity (Wildman–Crippen MR) is 74.3 cm³/mol. The molecule has 0 spiro atoms. The van der Waals surface area contributed by atoms with Crippen molar-refractivity contribution in [3.63, 3.8) is 0 Å². The minimum Gasteiger partial charge on any atom is -0.354 e. The summed E-state index contributed by atoms with van der Waals surface area (Å²) in [5, 5.41) is 6.41. The molecule has 2 bridgehead atoms. The first kappa shape index (κ1) is 13.9. The quantitative estimate of drug-likeness (QED) is 0.760. The Balaban J connectivity index is 1.65. The van der Waals surface area contributed by atoms with Crippen molar-refractivity contribution in [2.75, 3.05) is 13.1 Å². The van der Waals surface area contributed by atoms with Crippen molar-refractivity contribution in [3.8, 4) is 0 Å². The number of rotatable bonds is 6. The molecular formula is C15H28N2O. The van der Waals surface area contributed by atoms with Gasteiger partial charge >= 0.3 is 0 Å². The molecule has 4 unspecified atom stereocenters. The lowest BCUT2D eigenvalue weighted by atomic mass is 9.89. The Morgan fingerprint density at radius 3 is 2.56 bits per heavy atom. The maximum Gasteiger partial charge on any atom is 0.236 e. The Morgan fingerprint density at radius 1 is 1.22 bits per heavy atom. The highest BCUT2D eigenvalue weighted by Crippen LogP contribution is 2.47. The first-order valence-corrected chi connectivity index (χ1v) is 7.57. The van der Waals surface area contributed by atoms with Crippen LogP contribution >= 0.6 is 0 Å². The molecule has 0 heterocycles. The molecule has 2 fully saturated rings. The van der Waals surface area contributed by atoms with E-state index in [0.29, 0.717) is 5.92 Å². The molecule has 104 valence electrons. The van der Waals surface area contributed by atoms with Crippen LogP contribution in [0.2, 0.25) is 0 Å². The van der Waals surface area contributed by atoms with Crippen LogP contribution in [0.3, 0.4) is 0 Å². The Kier molecular flexibility index (Phi) is 4.66. The van der Waals surface area contributed by atoms with E-state index in [-0.39, 0.29) is 11.9 Å². The lowest BCUT2D eigenvalue weighted by molar-refractivity contribution is -0.122. The molecule has 2 aliphatic carbocycles. The van der Waals surface area contributed by atoms with E-state index in [2.05, 4.69) is 24.5 Å². The highest BCUT2D eigenvalue weighted by Gasteiger charge is 2.39. The average Bonchev–Trinajstić information content (AvgIpc) is 2.94. The molecule has 2 N–H and O–H groups in total. The van der Waals surface area contributed by atoms with Gasteiger partial charge in [-0.05, 0) is 56.4 Å². The summed E-state index contributed by atoms with van der Waals surface area (Å²) >= 11 is 0. The molecule has 3 nitrogen and oxygen atoms in total. The number of carbonyl (C=O) groups excluding carboxylic acids is 1. The summed E-state index contributed by atoms with van der Waals surface area (Å²) in [6.07, 6.45) is 5.70. The third-order valence-corrected chi connectivity index (χ3v) is 4.65. The van der Waals surface area contributed by atoms with Gasteiger partial charge in [-0.1, -0.05) is 20.3 Å². The zero-order valence-electron chi connectivity index (χ0n) is 12.0. The lowest BCUT2D eigenvalue weighted by Gasteiger charge is -2.24. The van der Waals surface area contributed by atoms with Crippen LogP contribution in [0.5, 0.6) is 0 Å². The van der Waals surface area contributed by atoms with Gasteiger partial charge in [0.25, 0.3) is 0 Å². The Hall–Kier alpha value is -0.570. The second kappa shape index (κ2) is 6.05. The number of hydrogen-bond donors (Lipinski definition) is 2. The number of amides is 1. The van der Waals surface area contributed by atoms with Gasteiger partial charge in [0.1, 0.15) is 0 Å². The van der Waals surface area contributed by atoms with Crippen molar-refractivity contribution in [2.45, 2.75) is 52.5 Å².